The highest BCUT2D eigenvalue weighted by atomic mass is 16.6. The highest BCUT2D eigenvalue weighted by molar-refractivity contribution is 5.50. The molecule has 0 saturated carbocycles. The van der Waals surface area contributed by atoms with Gasteiger partial charge in [0.2, 0.25) is 0 Å². The summed E-state index contributed by atoms with van der Waals surface area (Å²) >= 11 is 0. The van der Waals surface area contributed by atoms with Crippen LogP contribution in [0.5, 0.6) is 11.5 Å². The normalized spacial score (nSPS) is 11.9. The number of nitro benzene ring substituents is 1. The van der Waals surface area contributed by atoms with Crippen LogP contribution < -0.4 is 15.2 Å². The van der Waals surface area contributed by atoms with Gasteiger partial charge in [-0.05, 0) is 18.7 Å². The number of methoxy groups -OCH3 is 1. The van der Waals surface area contributed by atoms with Crippen molar-refractivity contribution < 1.29 is 14.4 Å². The van der Waals surface area contributed by atoms with Crippen LogP contribution >= 0.6 is 0 Å². The number of nitro groups is 1. The van der Waals surface area contributed by atoms with Crippen molar-refractivity contribution >= 4 is 5.69 Å². The molecule has 0 aliphatic rings. The van der Waals surface area contributed by atoms with Crippen LogP contribution in [0.2, 0.25) is 0 Å². The summed E-state index contributed by atoms with van der Waals surface area (Å²) in [7, 11) is 1.45. The molecular formula is C11H16N2O4. The standard InChI is InChI=1S/C11H16N2O4/c1-8(6-12)7-17-11-4-3-9(16-2)5-10(11)13(14)15/h3-5,8H,6-7,12H2,1-2H3. The molecule has 6 heteroatoms. The molecule has 1 rings (SSSR count). The summed E-state index contributed by atoms with van der Waals surface area (Å²) in [6.07, 6.45) is 0. The Morgan fingerprint density at radius 1 is 1.53 bits per heavy atom. The third-order valence-corrected chi connectivity index (χ3v) is 2.29. The second-order valence-electron chi connectivity index (χ2n) is 3.74. The largest absolute Gasteiger partial charge is 0.496 e. The Balaban J connectivity index is 2.87. The molecule has 0 aliphatic heterocycles. The third-order valence-electron chi connectivity index (χ3n) is 2.29. The first-order valence-electron chi connectivity index (χ1n) is 5.23. The Morgan fingerprint density at radius 2 is 2.24 bits per heavy atom. The zero-order chi connectivity index (χ0) is 12.8. The lowest BCUT2D eigenvalue weighted by molar-refractivity contribution is -0.386. The minimum atomic E-state index is -0.495. The van der Waals surface area contributed by atoms with E-state index in [4.69, 9.17) is 15.2 Å². The van der Waals surface area contributed by atoms with Crippen LogP contribution in [0.4, 0.5) is 5.69 Å². The summed E-state index contributed by atoms with van der Waals surface area (Å²) in [5, 5.41) is 10.8. The van der Waals surface area contributed by atoms with Gasteiger partial charge in [0.25, 0.3) is 0 Å². The molecule has 0 spiro atoms. The number of ether oxygens (including phenoxy) is 2. The van der Waals surface area contributed by atoms with Crippen molar-refractivity contribution in [3.05, 3.63) is 28.3 Å². The number of hydrogen-bond donors (Lipinski definition) is 1. The van der Waals surface area contributed by atoms with Gasteiger partial charge >= 0.3 is 5.69 Å². The molecule has 1 atom stereocenters. The molecule has 1 aromatic rings. The number of benzene rings is 1. The second kappa shape index (κ2) is 6.05. The van der Waals surface area contributed by atoms with E-state index < -0.39 is 4.92 Å². The van der Waals surface area contributed by atoms with Crippen molar-refractivity contribution in [1.82, 2.24) is 0 Å². The van der Waals surface area contributed by atoms with Crippen LogP contribution in [0.1, 0.15) is 6.92 Å². The summed E-state index contributed by atoms with van der Waals surface area (Å²) < 4.78 is 10.3. The van der Waals surface area contributed by atoms with Gasteiger partial charge in [0.1, 0.15) is 5.75 Å². The second-order valence-corrected chi connectivity index (χ2v) is 3.74. The van der Waals surface area contributed by atoms with Gasteiger partial charge in [-0.3, -0.25) is 10.1 Å². The fraction of sp³-hybridized carbons (Fsp3) is 0.455. The molecule has 1 unspecified atom stereocenters. The van der Waals surface area contributed by atoms with E-state index in [1.54, 1.807) is 6.07 Å². The lowest BCUT2D eigenvalue weighted by atomic mass is 10.2. The van der Waals surface area contributed by atoms with Gasteiger partial charge in [0.05, 0.1) is 24.7 Å². The average Bonchev–Trinajstić information content (AvgIpc) is 2.35. The maximum absolute atomic E-state index is 10.8. The molecule has 0 radical (unpaired) electrons. The van der Waals surface area contributed by atoms with Crippen LogP contribution in [0.25, 0.3) is 0 Å². The summed E-state index contributed by atoms with van der Waals surface area (Å²) in [4.78, 5) is 10.4. The Kier molecular flexibility index (Phi) is 4.71. The predicted octanol–water partition coefficient (Wildman–Crippen LogP) is 1.58. The van der Waals surface area contributed by atoms with E-state index >= 15 is 0 Å². The minimum absolute atomic E-state index is 0.103. The van der Waals surface area contributed by atoms with Gasteiger partial charge < -0.3 is 15.2 Å². The van der Waals surface area contributed by atoms with Crippen LogP contribution in [-0.2, 0) is 0 Å². The van der Waals surface area contributed by atoms with E-state index in [9.17, 15) is 10.1 Å². The maximum atomic E-state index is 10.8. The lowest BCUT2D eigenvalue weighted by Gasteiger charge is -2.11. The SMILES string of the molecule is COc1ccc(OCC(C)CN)c([N+](=O)[O-])c1. The van der Waals surface area contributed by atoms with Gasteiger partial charge in [-0.15, -0.1) is 0 Å². The molecule has 6 nitrogen and oxygen atoms in total. The molecule has 1 aromatic carbocycles. The van der Waals surface area contributed by atoms with E-state index in [0.717, 1.165) is 0 Å². The molecule has 0 heterocycles. The van der Waals surface area contributed by atoms with E-state index in [0.29, 0.717) is 18.9 Å². The molecular weight excluding hydrogens is 224 g/mol. The number of hydrogen-bond acceptors (Lipinski definition) is 5. The Bertz CT molecular complexity index is 395. The van der Waals surface area contributed by atoms with Gasteiger partial charge in [-0.1, -0.05) is 6.92 Å². The summed E-state index contributed by atoms with van der Waals surface area (Å²) in [5.41, 5.74) is 5.34. The topological polar surface area (TPSA) is 87.6 Å². The fourth-order valence-corrected chi connectivity index (χ4v) is 1.19. The number of nitrogens with two attached hydrogens (primary N) is 1. The van der Waals surface area contributed by atoms with Crippen LogP contribution in [-0.4, -0.2) is 25.2 Å². The van der Waals surface area contributed by atoms with E-state index in [-0.39, 0.29) is 17.4 Å². The molecule has 0 aliphatic carbocycles. The molecule has 17 heavy (non-hydrogen) atoms. The Morgan fingerprint density at radius 3 is 2.76 bits per heavy atom. The number of rotatable bonds is 6. The van der Waals surface area contributed by atoms with Crippen molar-refractivity contribution in [3.8, 4) is 11.5 Å². The van der Waals surface area contributed by atoms with Crippen molar-refractivity contribution in [1.29, 1.82) is 0 Å². The monoisotopic (exact) mass is 240 g/mol. The van der Waals surface area contributed by atoms with Crippen LogP contribution in [0.15, 0.2) is 18.2 Å². The smallest absolute Gasteiger partial charge is 0.314 e. The molecule has 0 saturated heterocycles. The predicted molar refractivity (Wildman–Crippen MR) is 63.4 cm³/mol. The quantitative estimate of drug-likeness (QED) is 0.602. The van der Waals surface area contributed by atoms with E-state index in [2.05, 4.69) is 0 Å². The molecule has 2 N–H and O–H groups in total. The Hall–Kier alpha value is -1.82. The third kappa shape index (κ3) is 3.60. The van der Waals surface area contributed by atoms with Crippen molar-refractivity contribution in [2.24, 2.45) is 11.7 Å². The van der Waals surface area contributed by atoms with Gasteiger partial charge in [0, 0.05) is 5.92 Å². The molecule has 0 bridgehead atoms. The summed E-state index contributed by atoms with van der Waals surface area (Å²) in [6, 6.07) is 4.48. The zero-order valence-corrected chi connectivity index (χ0v) is 9.88. The zero-order valence-electron chi connectivity index (χ0n) is 9.88. The highest BCUT2D eigenvalue weighted by Gasteiger charge is 2.17. The van der Waals surface area contributed by atoms with E-state index in [1.165, 1.54) is 19.2 Å². The summed E-state index contributed by atoms with van der Waals surface area (Å²) in [5.74, 6) is 0.809. The highest BCUT2D eigenvalue weighted by Crippen LogP contribution is 2.31. The van der Waals surface area contributed by atoms with Crippen molar-refractivity contribution in [2.75, 3.05) is 20.3 Å². The first-order valence-corrected chi connectivity index (χ1v) is 5.23. The lowest BCUT2D eigenvalue weighted by Crippen LogP contribution is -2.18. The van der Waals surface area contributed by atoms with Crippen LogP contribution in [0, 0.1) is 16.0 Å². The Labute approximate surface area is 99.5 Å². The van der Waals surface area contributed by atoms with Crippen molar-refractivity contribution in [2.45, 2.75) is 6.92 Å². The number of nitrogens with zero attached hydrogens (tertiary/aromatic N) is 1. The fourth-order valence-electron chi connectivity index (χ4n) is 1.19. The molecule has 0 aromatic heterocycles. The molecule has 0 amide bonds. The van der Waals surface area contributed by atoms with E-state index in [1.807, 2.05) is 6.92 Å². The first-order chi connectivity index (χ1) is 8.08. The maximum Gasteiger partial charge on any atom is 0.314 e. The average molecular weight is 240 g/mol. The molecule has 94 valence electrons. The van der Waals surface area contributed by atoms with Gasteiger partial charge in [0.15, 0.2) is 5.75 Å². The van der Waals surface area contributed by atoms with Gasteiger partial charge in [-0.2, -0.15) is 0 Å². The van der Waals surface area contributed by atoms with Crippen molar-refractivity contribution in [3.63, 3.8) is 0 Å². The minimum Gasteiger partial charge on any atom is -0.496 e. The van der Waals surface area contributed by atoms with Gasteiger partial charge in [-0.25, -0.2) is 0 Å². The first kappa shape index (κ1) is 13.2. The molecule has 0 fully saturated rings. The van der Waals surface area contributed by atoms with Crippen LogP contribution in [0.3, 0.4) is 0 Å². The summed E-state index contributed by atoms with van der Waals surface area (Å²) in [6.45, 7) is 2.74.